The molecule has 0 radical (unpaired) electrons. The highest BCUT2D eigenvalue weighted by Crippen LogP contribution is 2.30. The van der Waals surface area contributed by atoms with Crippen molar-refractivity contribution in [3.63, 3.8) is 0 Å². The van der Waals surface area contributed by atoms with E-state index in [2.05, 4.69) is 20.4 Å². The number of aromatic amines is 1. The molecular formula is C17H16N4O. The molecule has 0 saturated heterocycles. The Labute approximate surface area is 128 Å². The van der Waals surface area contributed by atoms with Gasteiger partial charge in [0.2, 0.25) is 0 Å². The number of aliphatic imine (C=N–C) groups is 1. The molecule has 1 N–H and O–H groups in total. The molecule has 0 unspecified atom stereocenters. The second-order valence-electron chi connectivity index (χ2n) is 4.73. The lowest BCUT2D eigenvalue weighted by atomic mass is 10.1. The van der Waals surface area contributed by atoms with E-state index in [-0.39, 0.29) is 0 Å². The van der Waals surface area contributed by atoms with E-state index in [4.69, 9.17) is 4.74 Å². The van der Waals surface area contributed by atoms with Crippen molar-refractivity contribution in [2.75, 3.05) is 7.05 Å². The quantitative estimate of drug-likeness (QED) is 0.735. The SMILES string of the molecule is C/N=C/c1[nH]nnc1-c1ccccc1OCc1ccccc1. The van der Waals surface area contributed by atoms with Crippen LogP contribution >= 0.6 is 0 Å². The van der Waals surface area contributed by atoms with Crippen LogP contribution in [-0.4, -0.2) is 28.7 Å². The number of H-pyrrole nitrogens is 1. The Bertz CT molecular complexity index is 765. The Hall–Kier alpha value is -2.95. The summed E-state index contributed by atoms with van der Waals surface area (Å²) in [4.78, 5) is 4.01. The van der Waals surface area contributed by atoms with Gasteiger partial charge in [0.15, 0.2) is 0 Å². The summed E-state index contributed by atoms with van der Waals surface area (Å²) in [6, 6.07) is 17.8. The average molecular weight is 292 g/mol. The van der Waals surface area contributed by atoms with Gasteiger partial charge in [-0.2, -0.15) is 0 Å². The summed E-state index contributed by atoms with van der Waals surface area (Å²) in [5.74, 6) is 0.769. The molecule has 5 nitrogen and oxygen atoms in total. The van der Waals surface area contributed by atoms with Gasteiger partial charge in [-0.05, 0) is 17.7 Å². The highest BCUT2D eigenvalue weighted by atomic mass is 16.5. The fourth-order valence-corrected chi connectivity index (χ4v) is 2.18. The Balaban J connectivity index is 1.88. The van der Waals surface area contributed by atoms with Crippen LogP contribution in [-0.2, 0) is 6.61 Å². The van der Waals surface area contributed by atoms with E-state index in [1.165, 1.54) is 0 Å². The predicted molar refractivity (Wildman–Crippen MR) is 86.1 cm³/mol. The van der Waals surface area contributed by atoms with Gasteiger partial charge in [0.05, 0.1) is 0 Å². The van der Waals surface area contributed by atoms with E-state index in [1.54, 1.807) is 13.3 Å². The predicted octanol–water partition coefficient (Wildman–Crippen LogP) is 3.10. The van der Waals surface area contributed by atoms with Crippen LogP contribution in [0.1, 0.15) is 11.3 Å². The summed E-state index contributed by atoms with van der Waals surface area (Å²) < 4.78 is 5.95. The van der Waals surface area contributed by atoms with Crippen molar-refractivity contribution in [2.45, 2.75) is 6.61 Å². The smallest absolute Gasteiger partial charge is 0.129 e. The van der Waals surface area contributed by atoms with Gasteiger partial charge >= 0.3 is 0 Å². The number of nitrogens with zero attached hydrogens (tertiary/aromatic N) is 3. The van der Waals surface area contributed by atoms with Gasteiger partial charge in [-0.25, -0.2) is 0 Å². The van der Waals surface area contributed by atoms with E-state index in [0.29, 0.717) is 6.61 Å². The molecule has 0 aliphatic rings. The summed E-state index contributed by atoms with van der Waals surface area (Å²) in [6.07, 6.45) is 1.70. The van der Waals surface area contributed by atoms with Gasteiger partial charge < -0.3 is 4.74 Å². The van der Waals surface area contributed by atoms with E-state index in [9.17, 15) is 0 Å². The third-order valence-electron chi connectivity index (χ3n) is 3.21. The van der Waals surface area contributed by atoms with Crippen molar-refractivity contribution in [1.29, 1.82) is 0 Å². The molecule has 0 saturated carbocycles. The van der Waals surface area contributed by atoms with Gasteiger partial charge in [0, 0.05) is 18.8 Å². The molecule has 0 aliphatic carbocycles. The first-order valence-electron chi connectivity index (χ1n) is 6.98. The van der Waals surface area contributed by atoms with Crippen molar-refractivity contribution < 1.29 is 4.74 Å². The molecule has 110 valence electrons. The van der Waals surface area contributed by atoms with Gasteiger partial charge in [-0.3, -0.25) is 10.1 Å². The molecule has 1 heterocycles. The fourth-order valence-electron chi connectivity index (χ4n) is 2.18. The van der Waals surface area contributed by atoms with E-state index in [0.717, 1.165) is 28.3 Å². The first-order valence-corrected chi connectivity index (χ1v) is 6.98. The monoisotopic (exact) mass is 292 g/mol. The minimum atomic E-state index is 0.507. The minimum Gasteiger partial charge on any atom is -0.488 e. The molecule has 0 aliphatic heterocycles. The van der Waals surface area contributed by atoms with Crippen LogP contribution in [0.5, 0.6) is 5.75 Å². The van der Waals surface area contributed by atoms with E-state index in [1.807, 2.05) is 54.6 Å². The lowest BCUT2D eigenvalue weighted by Crippen LogP contribution is -1.97. The number of para-hydroxylation sites is 1. The maximum absolute atomic E-state index is 5.95. The first-order chi connectivity index (χ1) is 10.9. The van der Waals surface area contributed by atoms with Crippen molar-refractivity contribution in [3.05, 3.63) is 65.9 Å². The summed E-state index contributed by atoms with van der Waals surface area (Å²) in [7, 11) is 1.71. The van der Waals surface area contributed by atoms with Crippen LogP contribution in [0, 0.1) is 0 Å². The molecule has 0 fully saturated rings. The zero-order valence-corrected chi connectivity index (χ0v) is 12.2. The molecule has 3 aromatic rings. The standard InChI is InChI=1S/C17H16N4O/c1-18-11-15-17(20-21-19-15)14-9-5-6-10-16(14)22-12-13-7-3-2-4-8-13/h2-11H,12H2,1H3,(H,19,20,21)/b18-11+. The summed E-state index contributed by atoms with van der Waals surface area (Å²) >= 11 is 0. The lowest BCUT2D eigenvalue weighted by Gasteiger charge is -2.10. The van der Waals surface area contributed by atoms with Gasteiger partial charge in [-0.1, -0.05) is 47.7 Å². The zero-order chi connectivity index (χ0) is 15.2. The highest BCUT2D eigenvalue weighted by Gasteiger charge is 2.13. The minimum absolute atomic E-state index is 0.507. The molecule has 1 aromatic heterocycles. The van der Waals surface area contributed by atoms with Crippen molar-refractivity contribution in [1.82, 2.24) is 15.4 Å². The second-order valence-corrected chi connectivity index (χ2v) is 4.73. The molecule has 3 rings (SSSR count). The lowest BCUT2D eigenvalue weighted by molar-refractivity contribution is 0.307. The van der Waals surface area contributed by atoms with Crippen LogP contribution in [0.4, 0.5) is 0 Å². The molecule has 0 bridgehead atoms. The number of hydrogen-bond acceptors (Lipinski definition) is 4. The number of ether oxygens (including phenoxy) is 1. The summed E-state index contributed by atoms with van der Waals surface area (Å²) in [6.45, 7) is 0.507. The van der Waals surface area contributed by atoms with Gasteiger partial charge in [0.25, 0.3) is 0 Å². The first kappa shape index (κ1) is 14.0. The van der Waals surface area contributed by atoms with E-state index >= 15 is 0 Å². The Kier molecular flexibility index (Phi) is 4.25. The Morgan fingerprint density at radius 2 is 1.86 bits per heavy atom. The maximum Gasteiger partial charge on any atom is 0.129 e. The molecule has 2 aromatic carbocycles. The number of nitrogens with one attached hydrogen (secondary N) is 1. The molecule has 0 amide bonds. The Morgan fingerprint density at radius 3 is 2.68 bits per heavy atom. The average Bonchev–Trinajstić information content (AvgIpc) is 3.03. The fraction of sp³-hybridized carbons (Fsp3) is 0.118. The molecule has 0 spiro atoms. The van der Waals surface area contributed by atoms with Crippen LogP contribution in [0.2, 0.25) is 0 Å². The summed E-state index contributed by atoms with van der Waals surface area (Å²) in [5, 5.41) is 10.8. The van der Waals surface area contributed by atoms with Crippen LogP contribution < -0.4 is 4.74 Å². The van der Waals surface area contributed by atoms with Gasteiger partial charge in [0.1, 0.15) is 23.7 Å². The largest absolute Gasteiger partial charge is 0.488 e. The maximum atomic E-state index is 5.95. The van der Waals surface area contributed by atoms with Crippen LogP contribution in [0.3, 0.4) is 0 Å². The normalized spacial score (nSPS) is 11.0. The summed E-state index contributed by atoms with van der Waals surface area (Å²) in [5.41, 5.74) is 3.50. The Morgan fingerprint density at radius 1 is 1.09 bits per heavy atom. The second kappa shape index (κ2) is 6.67. The topological polar surface area (TPSA) is 63.2 Å². The van der Waals surface area contributed by atoms with E-state index < -0.39 is 0 Å². The highest BCUT2D eigenvalue weighted by molar-refractivity contribution is 5.87. The third-order valence-corrected chi connectivity index (χ3v) is 3.21. The number of aromatic nitrogens is 3. The van der Waals surface area contributed by atoms with Crippen molar-refractivity contribution in [3.8, 4) is 17.0 Å². The van der Waals surface area contributed by atoms with Crippen LogP contribution in [0.25, 0.3) is 11.3 Å². The van der Waals surface area contributed by atoms with Crippen LogP contribution in [0.15, 0.2) is 59.6 Å². The zero-order valence-electron chi connectivity index (χ0n) is 12.2. The molecule has 22 heavy (non-hydrogen) atoms. The molecule has 0 atom stereocenters. The molecule has 5 heteroatoms. The van der Waals surface area contributed by atoms with Crippen molar-refractivity contribution in [2.24, 2.45) is 4.99 Å². The number of rotatable bonds is 5. The third kappa shape index (κ3) is 3.03. The van der Waals surface area contributed by atoms with Crippen molar-refractivity contribution >= 4 is 6.21 Å². The number of hydrogen-bond donors (Lipinski definition) is 1. The number of benzene rings is 2. The van der Waals surface area contributed by atoms with Gasteiger partial charge in [-0.15, -0.1) is 5.10 Å². The molecular weight excluding hydrogens is 276 g/mol.